The van der Waals surface area contributed by atoms with Crippen molar-refractivity contribution in [2.24, 2.45) is 28.2 Å². The first-order valence-electron chi connectivity index (χ1n) is 34.3. The summed E-state index contributed by atoms with van der Waals surface area (Å²) < 4.78 is 172. The Morgan fingerprint density at radius 2 is 0.620 bits per heavy atom. The number of hydrogen-bond acceptors (Lipinski definition) is 0. The predicted octanol–water partition coefficient (Wildman–Crippen LogP) is 14.2. The second-order valence-corrected chi connectivity index (χ2v) is 17.4. The van der Waals surface area contributed by atoms with Crippen LogP contribution in [0.1, 0.15) is 144 Å². The normalized spacial score (nSPS) is 16.8. The minimum absolute atomic E-state index is 0.0554. The van der Waals surface area contributed by atoms with Crippen LogP contribution in [-0.2, 0) is 72.8 Å². The van der Waals surface area contributed by atoms with Crippen LogP contribution in [0.25, 0.3) is 45.0 Å². The molecule has 0 N–H and O–H groups in total. The maximum atomic E-state index is 8.17. The second-order valence-electron chi connectivity index (χ2n) is 17.4. The van der Waals surface area contributed by atoms with Crippen molar-refractivity contribution in [3.05, 3.63) is 213 Å². The summed E-state index contributed by atoms with van der Waals surface area (Å²) in [6.45, 7) is 7.37. The van der Waals surface area contributed by atoms with Gasteiger partial charge in [0.15, 0.2) is 24.8 Å². The Morgan fingerprint density at radius 1 is 0.338 bits per heavy atom. The number of aromatic nitrogens is 4. The molecule has 0 aliphatic heterocycles. The fraction of sp³-hybridized carbons (Fsp3) is 0.343. The molecule has 4 heterocycles. The van der Waals surface area contributed by atoms with E-state index in [1.54, 1.807) is 56.0 Å². The fourth-order valence-electron chi connectivity index (χ4n) is 8.49. The Labute approximate surface area is 459 Å². The van der Waals surface area contributed by atoms with Gasteiger partial charge in [-0.25, -0.2) is 18.3 Å². The molecule has 4 aromatic carbocycles. The topological polar surface area (TPSA) is 15.5 Å². The monoisotopic (exact) mass is 968 g/mol. The zero-order valence-corrected chi connectivity index (χ0v) is 43.9. The molecule has 0 atom stereocenters. The van der Waals surface area contributed by atoms with Gasteiger partial charge in [-0.3, -0.25) is 0 Å². The molecule has 4 heteroatoms. The third-order valence-electron chi connectivity index (χ3n) is 12.6. The molecule has 0 aliphatic rings. The first-order chi connectivity index (χ1) is 41.9. The molecule has 0 radical (unpaired) electrons. The van der Waals surface area contributed by atoms with Crippen molar-refractivity contribution in [1.82, 2.24) is 0 Å². The van der Waals surface area contributed by atoms with E-state index in [0.717, 1.165) is 68.0 Å². The summed E-state index contributed by atoms with van der Waals surface area (Å²) in [4.78, 5) is 0. The van der Waals surface area contributed by atoms with Gasteiger partial charge < -0.3 is 0 Å². The van der Waals surface area contributed by atoms with Crippen molar-refractivity contribution in [3.63, 3.8) is 0 Å². The van der Waals surface area contributed by atoms with Crippen LogP contribution in [-0.4, -0.2) is 0 Å². The number of pyridine rings is 4. The van der Waals surface area contributed by atoms with Gasteiger partial charge in [0, 0.05) is 97.6 Å². The summed E-state index contributed by atoms with van der Waals surface area (Å²) in [7, 11) is 7.25. The zero-order valence-electron chi connectivity index (χ0n) is 64.9. The maximum absolute atomic E-state index is 8.17. The molecule has 0 fully saturated rings. The largest absolute Gasteiger partial charge is 0.212 e. The van der Waals surface area contributed by atoms with Gasteiger partial charge in [0.1, 0.15) is 28.2 Å². The van der Waals surface area contributed by atoms with Gasteiger partial charge in [0.05, 0.1) is 0 Å². The van der Waals surface area contributed by atoms with Crippen molar-refractivity contribution in [2.75, 3.05) is 0 Å². The molecule has 0 amide bonds. The molecule has 0 unspecified atom stereocenters. The van der Waals surface area contributed by atoms with E-state index in [1.807, 2.05) is 118 Å². The summed E-state index contributed by atoms with van der Waals surface area (Å²) in [6.07, 6.45) is -4.85. The van der Waals surface area contributed by atoms with Crippen LogP contribution >= 0.6 is 0 Å². The van der Waals surface area contributed by atoms with Crippen molar-refractivity contribution >= 4 is 0 Å². The maximum Gasteiger partial charge on any atom is 0.212 e. The van der Waals surface area contributed by atoms with Gasteiger partial charge >= 0.3 is 0 Å². The molecule has 0 saturated heterocycles. The third kappa shape index (κ3) is 13.9. The Balaban J connectivity index is 0.000000224. The lowest BCUT2D eigenvalue weighted by Crippen LogP contribution is -2.32. The van der Waals surface area contributed by atoms with Gasteiger partial charge in [-0.15, -0.1) is 0 Å². The molecule has 0 bridgehead atoms. The van der Waals surface area contributed by atoms with E-state index in [4.69, 9.17) is 28.8 Å². The SMILES string of the molecule is [2H]C([2H])(C)c1cc(-c2ccccc2C)[n+](C)cc1C([2H])([2H])C.[2H]C([2H])(C)c1cc(-c2ccccc2C)[n+](C)cc1CC.[2H]C([2H])([2H])C([2H])([2H])c1cc(-c2ccccc2C)[n+](C)cc1C([2H])([2H])C([2H])([2H])[2H].[2H]C([2H])([2H])c1c[n+](C)c(-c2ccccc2C)cc1C([2H])([2H])C. The summed E-state index contributed by atoms with van der Waals surface area (Å²) >= 11 is 0. The lowest BCUT2D eigenvalue weighted by atomic mass is 9.99. The van der Waals surface area contributed by atoms with E-state index < -0.39 is 69.9 Å². The van der Waals surface area contributed by atoms with Crippen LogP contribution in [0.2, 0.25) is 0 Å². The van der Waals surface area contributed by atoms with E-state index in [9.17, 15) is 0 Å². The minimum atomic E-state index is -3.12. The van der Waals surface area contributed by atoms with Crippen LogP contribution in [0.5, 0.6) is 0 Å². The van der Waals surface area contributed by atoms with Crippen molar-refractivity contribution in [2.45, 2.75) is 128 Å². The highest BCUT2D eigenvalue weighted by Gasteiger charge is 2.19. The number of hydrogen-bond donors (Lipinski definition) is 0. The van der Waals surface area contributed by atoms with Crippen molar-refractivity contribution < 1.29 is 47.1 Å². The lowest BCUT2D eigenvalue weighted by molar-refractivity contribution is -0.661. The average Bonchev–Trinajstić information content (AvgIpc) is 0.745. The molecule has 71 heavy (non-hydrogen) atoms. The number of benzene rings is 4. The predicted molar refractivity (Wildman–Crippen MR) is 302 cm³/mol. The molecule has 8 aromatic rings. The highest BCUT2D eigenvalue weighted by molar-refractivity contribution is 5.64. The van der Waals surface area contributed by atoms with Crippen LogP contribution in [0.4, 0.5) is 0 Å². The summed E-state index contributed by atoms with van der Waals surface area (Å²) in [5.74, 6) is 0. The van der Waals surface area contributed by atoms with Crippen molar-refractivity contribution in [1.29, 1.82) is 0 Å². The lowest BCUT2D eigenvalue weighted by Gasteiger charge is -2.09. The number of aryl methyl sites for hydroxylation is 16. The summed E-state index contributed by atoms with van der Waals surface area (Å²) in [6, 6.07) is 37.8. The van der Waals surface area contributed by atoms with E-state index in [1.165, 1.54) is 49.4 Å². The van der Waals surface area contributed by atoms with Crippen molar-refractivity contribution in [3.8, 4) is 45.0 Å². The van der Waals surface area contributed by atoms with Gasteiger partial charge in [0.25, 0.3) is 0 Å². The Kier molecular flexibility index (Phi) is 12.2. The first-order valence-corrected chi connectivity index (χ1v) is 23.8. The van der Waals surface area contributed by atoms with E-state index >= 15 is 0 Å². The average molecular weight is 969 g/mol. The van der Waals surface area contributed by atoms with Crippen LogP contribution < -0.4 is 18.3 Å². The Morgan fingerprint density at radius 3 is 0.944 bits per heavy atom. The summed E-state index contributed by atoms with van der Waals surface area (Å²) in [5, 5.41) is 0. The Hall–Kier alpha value is -6.52. The smallest absolute Gasteiger partial charge is 0.201 e. The van der Waals surface area contributed by atoms with Gasteiger partial charge in [-0.05, 0) is 148 Å². The number of nitrogens with zero attached hydrogens (tertiary/aromatic N) is 4. The highest BCUT2D eigenvalue weighted by Crippen LogP contribution is 2.26. The zero-order chi connectivity index (χ0) is 70.0. The second kappa shape index (κ2) is 26.6. The first kappa shape index (κ1) is 32.5. The van der Waals surface area contributed by atoms with Gasteiger partial charge in [-0.1, -0.05) is 121 Å². The molecule has 4 nitrogen and oxygen atoms in total. The van der Waals surface area contributed by atoms with Crippen LogP contribution in [0, 0.1) is 34.5 Å². The van der Waals surface area contributed by atoms with E-state index in [2.05, 4.69) is 36.7 Å². The molecular weight excluding hydrogens is 861 g/mol. The van der Waals surface area contributed by atoms with Crippen LogP contribution in [0.15, 0.2) is 146 Å². The molecule has 0 spiro atoms. The molecule has 0 saturated carbocycles. The summed E-state index contributed by atoms with van der Waals surface area (Å²) in [5.41, 5.74) is 13.2. The number of rotatable bonds is 11. The fourth-order valence-corrected chi connectivity index (χ4v) is 8.49. The standard InChI is InChI=1S/3C17H22N.C16H20N/c3*1-5-14-11-17(18(4)12-15(14)6-2)16-10-8-7-9-13(16)3;1-5-14-10-16(17(4)11-13(14)3)15-9-7-6-8-12(15)2/h3*7-12H,5-6H2,1-4H3;6-11H,5H2,1-4H3/q4*+1/i1D3,2D3,5D2,6D2;5D2,6D2;5D2;3D3,5D2. The molecule has 0 aliphatic carbocycles. The highest BCUT2D eigenvalue weighted by atomic mass is 14.9. The van der Waals surface area contributed by atoms with Crippen LogP contribution in [0.3, 0.4) is 0 Å². The minimum Gasteiger partial charge on any atom is -0.201 e. The Bertz CT molecular complexity index is 3790. The molecular formula is C67H86N4+4. The third-order valence-corrected chi connectivity index (χ3v) is 12.6. The van der Waals surface area contributed by atoms with Gasteiger partial charge in [-0.2, -0.15) is 0 Å². The molecule has 8 rings (SSSR count). The molecule has 370 valence electrons. The quantitative estimate of drug-likeness (QED) is 0.115. The van der Waals surface area contributed by atoms with E-state index in [-0.39, 0.29) is 11.1 Å². The molecule has 4 aromatic heterocycles. The van der Waals surface area contributed by atoms with E-state index in [0.29, 0.717) is 22.4 Å². The van der Waals surface area contributed by atoms with Gasteiger partial charge in [0.2, 0.25) is 22.8 Å².